The molecular weight excluding hydrogens is 353 g/mol. The third-order valence-electron chi connectivity index (χ3n) is 4.01. The number of rotatable bonds is 10. The van der Waals surface area contributed by atoms with Crippen LogP contribution in [-0.2, 0) is 24.7 Å². The van der Waals surface area contributed by atoms with Gasteiger partial charge >= 0.3 is 12.1 Å². The molecule has 1 N–H and O–H groups in total. The first kappa shape index (κ1) is 22.1. The van der Waals surface area contributed by atoms with Crippen molar-refractivity contribution in [2.45, 2.75) is 50.5 Å². The molecule has 0 spiro atoms. The number of hydrogen-bond acceptors (Lipinski definition) is 5. The summed E-state index contributed by atoms with van der Waals surface area (Å²) in [5, 5.41) is 9.02. The van der Waals surface area contributed by atoms with Crippen molar-refractivity contribution in [2.24, 2.45) is 0 Å². The standard InChI is InChI=1S/C18H23F3O5/c1-3-4-6-11-15(14(23)12-22)26-16(24)17(25-2,18(19,20)21)13-9-7-5-8-10-13/h5,7-10,15,22H,3-4,6,11-12H2,1-2H3/t15-,17-/m0/s1. The second-order valence-corrected chi connectivity index (χ2v) is 5.76. The number of aliphatic hydroxyl groups is 1. The molecule has 0 radical (unpaired) electrons. The number of methoxy groups -OCH3 is 1. The molecule has 1 aromatic rings. The predicted octanol–water partition coefficient (Wildman–Crippen LogP) is 3.14. The average molecular weight is 376 g/mol. The Morgan fingerprint density at radius 2 is 1.77 bits per heavy atom. The fourth-order valence-electron chi connectivity index (χ4n) is 2.57. The number of carbonyl (C=O) groups is 2. The van der Waals surface area contributed by atoms with Crippen LogP contribution in [0.4, 0.5) is 13.2 Å². The van der Waals surface area contributed by atoms with E-state index in [1.54, 1.807) is 0 Å². The minimum absolute atomic E-state index is 0.0331. The number of ether oxygens (including phenoxy) is 2. The highest BCUT2D eigenvalue weighted by Gasteiger charge is 2.64. The van der Waals surface area contributed by atoms with Crippen molar-refractivity contribution in [3.8, 4) is 0 Å². The molecule has 2 atom stereocenters. The molecule has 1 rings (SSSR count). The van der Waals surface area contributed by atoms with Crippen molar-refractivity contribution >= 4 is 11.8 Å². The van der Waals surface area contributed by atoms with Crippen LogP contribution in [0.2, 0.25) is 0 Å². The minimum atomic E-state index is -5.11. The van der Waals surface area contributed by atoms with Gasteiger partial charge in [-0.25, -0.2) is 4.79 Å². The summed E-state index contributed by atoms with van der Waals surface area (Å²) in [6.45, 7) is 0.977. The zero-order valence-corrected chi connectivity index (χ0v) is 14.7. The summed E-state index contributed by atoms with van der Waals surface area (Å²) in [4.78, 5) is 24.3. The Bertz CT molecular complexity index is 588. The lowest BCUT2D eigenvalue weighted by Gasteiger charge is -2.33. The van der Waals surface area contributed by atoms with Crippen LogP contribution < -0.4 is 0 Å². The lowest BCUT2D eigenvalue weighted by atomic mass is 9.92. The van der Waals surface area contributed by atoms with Gasteiger partial charge in [0.05, 0.1) is 0 Å². The molecule has 8 heteroatoms. The van der Waals surface area contributed by atoms with Crippen molar-refractivity contribution in [3.63, 3.8) is 0 Å². The number of unbranched alkanes of at least 4 members (excludes halogenated alkanes) is 2. The highest BCUT2D eigenvalue weighted by atomic mass is 19.4. The molecule has 0 saturated carbocycles. The summed E-state index contributed by atoms with van der Waals surface area (Å²) >= 11 is 0. The van der Waals surface area contributed by atoms with Gasteiger partial charge in [-0.15, -0.1) is 0 Å². The smallest absolute Gasteiger partial charge is 0.432 e. The van der Waals surface area contributed by atoms with E-state index in [-0.39, 0.29) is 6.42 Å². The molecule has 0 amide bonds. The number of ketones is 1. The van der Waals surface area contributed by atoms with E-state index in [0.717, 1.165) is 25.7 Å². The maximum Gasteiger partial charge on any atom is 0.432 e. The number of carbonyl (C=O) groups excluding carboxylic acids is 2. The average Bonchev–Trinajstić information content (AvgIpc) is 2.61. The number of halogens is 3. The molecule has 0 aliphatic carbocycles. The predicted molar refractivity (Wildman–Crippen MR) is 87.3 cm³/mol. The van der Waals surface area contributed by atoms with Crippen LogP contribution in [0, 0.1) is 0 Å². The normalized spacial score (nSPS) is 15.2. The first-order valence-electron chi connectivity index (χ1n) is 8.26. The molecule has 146 valence electrons. The Labute approximate surface area is 150 Å². The van der Waals surface area contributed by atoms with Crippen LogP contribution in [0.3, 0.4) is 0 Å². The maximum absolute atomic E-state index is 13.8. The number of aliphatic hydroxyl groups excluding tert-OH is 1. The topological polar surface area (TPSA) is 72.8 Å². The maximum atomic E-state index is 13.8. The molecule has 5 nitrogen and oxygen atoms in total. The van der Waals surface area contributed by atoms with E-state index in [4.69, 9.17) is 9.84 Å². The van der Waals surface area contributed by atoms with Gasteiger partial charge in [0.2, 0.25) is 0 Å². The van der Waals surface area contributed by atoms with Crippen LogP contribution >= 0.6 is 0 Å². The highest BCUT2D eigenvalue weighted by molar-refractivity contribution is 5.89. The van der Waals surface area contributed by atoms with Gasteiger partial charge in [0.15, 0.2) is 11.9 Å². The van der Waals surface area contributed by atoms with Gasteiger partial charge in [-0.05, 0) is 12.8 Å². The van der Waals surface area contributed by atoms with Gasteiger partial charge < -0.3 is 14.6 Å². The molecule has 0 unspecified atom stereocenters. The van der Waals surface area contributed by atoms with Gasteiger partial charge in [-0.1, -0.05) is 50.1 Å². The fourth-order valence-corrected chi connectivity index (χ4v) is 2.57. The fraction of sp³-hybridized carbons (Fsp3) is 0.556. The summed E-state index contributed by atoms with van der Waals surface area (Å²) in [5.74, 6) is -2.59. The Morgan fingerprint density at radius 3 is 2.23 bits per heavy atom. The van der Waals surface area contributed by atoms with E-state index in [9.17, 15) is 22.8 Å². The highest BCUT2D eigenvalue weighted by Crippen LogP contribution is 2.43. The second-order valence-electron chi connectivity index (χ2n) is 5.76. The Morgan fingerprint density at radius 1 is 1.15 bits per heavy atom. The molecule has 0 aliphatic rings. The van der Waals surface area contributed by atoms with Gasteiger partial charge in [0.1, 0.15) is 6.61 Å². The quantitative estimate of drug-likeness (QED) is 0.502. The van der Waals surface area contributed by atoms with E-state index in [2.05, 4.69) is 4.74 Å². The van der Waals surface area contributed by atoms with E-state index >= 15 is 0 Å². The Balaban J connectivity index is 3.21. The lowest BCUT2D eigenvalue weighted by Crippen LogP contribution is -2.53. The summed E-state index contributed by atoms with van der Waals surface area (Å²) in [6, 6.07) is 6.35. The number of esters is 1. The Kier molecular flexibility index (Phi) is 8.23. The van der Waals surface area contributed by atoms with Crippen molar-refractivity contribution in [3.05, 3.63) is 35.9 Å². The summed E-state index contributed by atoms with van der Waals surface area (Å²) < 4.78 is 50.9. The zero-order chi connectivity index (χ0) is 19.8. The number of alkyl halides is 3. The van der Waals surface area contributed by atoms with Crippen LogP contribution in [0.25, 0.3) is 0 Å². The van der Waals surface area contributed by atoms with E-state index in [0.29, 0.717) is 12.8 Å². The number of benzene rings is 1. The molecule has 0 heterocycles. The largest absolute Gasteiger partial charge is 0.452 e. The van der Waals surface area contributed by atoms with Crippen LogP contribution in [0.1, 0.15) is 38.2 Å². The van der Waals surface area contributed by atoms with Crippen molar-refractivity contribution in [1.82, 2.24) is 0 Å². The van der Waals surface area contributed by atoms with Crippen LogP contribution in [0.5, 0.6) is 0 Å². The molecule has 0 saturated heterocycles. The van der Waals surface area contributed by atoms with Gasteiger partial charge in [0.25, 0.3) is 5.60 Å². The second kappa shape index (κ2) is 9.68. The molecule has 0 aromatic heterocycles. The zero-order valence-electron chi connectivity index (χ0n) is 14.7. The third-order valence-corrected chi connectivity index (χ3v) is 4.01. The molecular formula is C18H23F3O5. The lowest BCUT2D eigenvalue weighted by molar-refractivity contribution is -0.278. The first-order valence-corrected chi connectivity index (χ1v) is 8.26. The molecule has 0 fully saturated rings. The van der Waals surface area contributed by atoms with E-state index in [1.807, 2.05) is 6.92 Å². The molecule has 0 aliphatic heterocycles. The van der Waals surface area contributed by atoms with Crippen molar-refractivity contribution < 1.29 is 37.3 Å². The van der Waals surface area contributed by atoms with Crippen LogP contribution in [-0.4, -0.2) is 42.9 Å². The molecule has 26 heavy (non-hydrogen) atoms. The van der Waals surface area contributed by atoms with Crippen molar-refractivity contribution in [2.75, 3.05) is 13.7 Å². The van der Waals surface area contributed by atoms with Crippen molar-refractivity contribution in [1.29, 1.82) is 0 Å². The van der Waals surface area contributed by atoms with Gasteiger partial charge in [-0.2, -0.15) is 13.2 Å². The third kappa shape index (κ3) is 4.82. The summed E-state index contributed by atoms with van der Waals surface area (Å²) in [7, 11) is 0.752. The van der Waals surface area contributed by atoms with Gasteiger partial charge in [-0.3, -0.25) is 4.79 Å². The Hall–Kier alpha value is -1.93. The molecule has 0 bridgehead atoms. The monoisotopic (exact) mass is 376 g/mol. The van der Waals surface area contributed by atoms with E-state index in [1.165, 1.54) is 18.2 Å². The number of Topliss-reactive ketones (excluding diaryl/α,β-unsaturated/α-hetero) is 1. The SMILES string of the molecule is CCCCC[C@H](OC(=O)[C@@](OC)(c1ccccc1)C(F)(F)F)C(=O)CO. The van der Waals surface area contributed by atoms with Crippen LogP contribution in [0.15, 0.2) is 30.3 Å². The van der Waals surface area contributed by atoms with Gasteiger partial charge in [0, 0.05) is 12.7 Å². The molecule has 1 aromatic carbocycles. The number of hydrogen-bond donors (Lipinski definition) is 1. The summed E-state index contributed by atoms with van der Waals surface area (Å²) in [6.07, 6.45) is -4.55. The minimum Gasteiger partial charge on any atom is -0.452 e. The van der Waals surface area contributed by atoms with E-state index < -0.39 is 41.8 Å². The summed E-state index contributed by atoms with van der Waals surface area (Å²) in [5.41, 5.74) is -3.81. The first-order chi connectivity index (χ1) is 12.2.